The molecule has 0 spiro atoms. The van der Waals surface area contributed by atoms with Crippen LogP contribution >= 0.6 is 23.2 Å². The van der Waals surface area contributed by atoms with Gasteiger partial charge in [-0.25, -0.2) is 8.42 Å². The van der Waals surface area contributed by atoms with Crippen molar-refractivity contribution in [2.75, 3.05) is 17.1 Å². The first-order valence-corrected chi connectivity index (χ1v) is 9.47. The summed E-state index contributed by atoms with van der Waals surface area (Å²) < 4.78 is 24.9. The van der Waals surface area contributed by atoms with Gasteiger partial charge in [0.1, 0.15) is 6.54 Å². The Bertz CT molecular complexity index is 635. The summed E-state index contributed by atoms with van der Waals surface area (Å²) in [6.45, 7) is 3.54. The molecule has 1 N–H and O–H groups in total. The quantitative estimate of drug-likeness (QED) is 0.806. The summed E-state index contributed by atoms with van der Waals surface area (Å²) in [5.41, 5.74) is 0.190. The van der Waals surface area contributed by atoms with Crippen LogP contribution in [0.3, 0.4) is 0 Å². The van der Waals surface area contributed by atoms with Crippen LogP contribution in [0.1, 0.15) is 26.7 Å². The van der Waals surface area contributed by atoms with Crippen LogP contribution in [0.15, 0.2) is 18.2 Å². The Morgan fingerprint density at radius 1 is 1.36 bits per heavy atom. The molecule has 0 saturated heterocycles. The van der Waals surface area contributed by atoms with E-state index in [9.17, 15) is 13.2 Å². The molecule has 0 heterocycles. The zero-order chi connectivity index (χ0) is 16.9. The molecule has 1 amide bonds. The van der Waals surface area contributed by atoms with Gasteiger partial charge in [-0.2, -0.15) is 0 Å². The fraction of sp³-hybridized carbons (Fsp3) is 0.500. The molecular formula is C14H20Cl2N2O3S. The summed E-state index contributed by atoms with van der Waals surface area (Å²) in [5, 5.41) is 3.32. The Morgan fingerprint density at radius 3 is 2.55 bits per heavy atom. The molecule has 0 unspecified atom stereocenters. The van der Waals surface area contributed by atoms with Gasteiger partial charge in [0.2, 0.25) is 15.9 Å². The van der Waals surface area contributed by atoms with Gasteiger partial charge in [0, 0.05) is 11.1 Å². The number of carbonyl (C=O) groups is 1. The molecule has 0 aromatic heterocycles. The number of nitrogens with zero attached hydrogens (tertiary/aromatic N) is 1. The Kier molecular flexibility index (Phi) is 6.97. The lowest BCUT2D eigenvalue weighted by molar-refractivity contribution is -0.120. The third-order valence-corrected chi connectivity index (χ3v) is 4.67. The molecule has 0 fully saturated rings. The maximum atomic E-state index is 12.1. The second kappa shape index (κ2) is 8.04. The van der Waals surface area contributed by atoms with Crippen LogP contribution in [0.2, 0.25) is 10.0 Å². The predicted octanol–water partition coefficient (Wildman–Crippen LogP) is 3.06. The SMILES string of the molecule is CCC[C@@H](C)NC(=O)CN(c1cc(Cl)ccc1Cl)S(C)(=O)=O. The van der Waals surface area contributed by atoms with Crippen molar-refractivity contribution in [3.63, 3.8) is 0 Å². The van der Waals surface area contributed by atoms with E-state index in [0.29, 0.717) is 5.02 Å². The smallest absolute Gasteiger partial charge is 0.240 e. The molecule has 1 aromatic rings. The van der Waals surface area contributed by atoms with Crippen LogP contribution < -0.4 is 9.62 Å². The molecule has 124 valence electrons. The highest BCUT2D eigenvalue weighted by Gasteiger charge is 2.23. The van der Waals surface area contributed by atoms with E-state index in [0.717, 1.165) is 23.4 Å². The molecule has 0 aliphatic carbocycles. The molecule has 1 rings (SSSR count). The van der Waals surface area contributed by atoms with Crippen molar-refractivity contribution in [3.8, 4) is 0 Å². The van der Waals surface area contributed by atoms with Gasteiger partial charge in [-0.15, -0.1) is 0 Å². The number of hydrogen-bond donors (Lipinski definition) is 1. The van der Waals surface area contributed by atoms with Crippen molar-refractivity contribution in [2.24, 2.45) is 0 Å². The molecule has 0 bridgehead atoms. The minimum absolute atomic E-state index is 0.0197. The Balaban J connectivity index is 3.01. The number of anilines is 1. The molecular weight excluding hydrogens is 347 g/mol. The summed E-state index contributed by atoms with van der Waals surface area (Å²) in [6.07, 6.45) is 2.77. The number of hydrogen-bond acceptors (Lipinski definition) is 3. The van der Waals surface area contributed by atoms with Gasteiger partial charge in [-0.05, 0) is 31.5 Å². The minimum atomic E-state index is -3.67. The van der Waals surface area contributed by atoms with E-state index in [1.807, 2.05) is 13.8 Å². The number of nitrogens with one attached hydrogen (secondary N) is 1. The highest BCUT2D eigenvalue weighted by Crippen LogP contribution is 2.30. The topological polar surface area (TPSA) is 66.5 Å². The van der Waals surface area contributed by atoms with Gasteiger partial charge in [-0.1, -0.05) is 36.5 Å². The number of halogens is 2. The Labute approximate surface area is 141 Å². The van der Waals surface area contributed by atoms with E-state index in [1.165, 1.54) is 12.1 Å². The largest absolute Gasteiger partial charge is 0.352 e. The van der Waals surface area contributed by atoms with Crippen LogP contribution in [0.4, 0.5) is 5.69 Å². The Hall–Kier alpha value is -0.980. The van der Waals surface area contributed by atoms with E-state index in [4.69, 9.17) is 23.2 Å². The number of amides is 1. The summed E-state index contributed by atoms with van der Waals surface area (Å²) in [7, 11) is -3.67. The minimum Gasteiger partial charge on any atom is -0.352 e. The zero-order valence-electron chi connectivity index (χ0n) is 12.8. The van der Waals surface area contributed by atoms with Crippen molar-refractivity contribution in [3.05, 3.63) is 28.2 Å². The number of carbonyl (C=O) groups excluding carboxylic acids is 1. The highest BCUT2D eigenvalue weighted by atomic mass is 35.5. The first-order valence-electron chi connectivity index (χ1n) is 6.87. The van der Waals surface area contributed by atoms with E-state index in [2.05, 4.69) is 5.32 Å². The van der Waals surface area contributed by atoms with E-state index in [1.54, 1.807) is 6.07 Å². The van der Waals surface area contributed by atoms with Gasteiger partial charge in [0.05, 0.1) is 17.0 Å². The van der Waals surface area contributed by atoms with E-state index < -0.39 is 10.0 Å². The number of benzene rings is 1. The Morgan fingerprint density at radius 2 is 2.00 bits per heavy atom. The lowest BCUT2D eigenvalue weighted by Crippen LogP contribution is -2.43. The van der Waals surface area contributed by atoms with Crippen molar-refractivity contribution in [1.29, 1.82) is 0 Å². The summed E-state index contributed by atoms with van der Waals surface area (Å²) in [5.74, 6) is -0.387. The third kappa shape index (κ3) is 5.66. The molecule has 0 saturated carbocycles. The first kappa shape index (κ1) is 19.1. The average Bonchev–Trinajstić information content (AvgIpc) is 2.38. The highest BCUT2D eigenvalue weighted by molar-refractivity contribution is 7.92. The second-order valence-corrected chi connectivity index (χ2v) is 7.87. The van der Waals surface area contributed by atoms with Crippen LogP contribution in [0.5, 0.6) is 0 Å². The van der Waals surface area contributed by atoms with Gasteiger partial charge in [0.15, 0.2) is 0 Å². The van der Waals surface area contributed by atoms with Crippen molar-refractivity contribution in [2.45, 2.75) is 32.7 Å². The van der Waals surface area contributed by atoms with Gasteiger partial charge < -0.3 is 5.32 Å². The van der Waals surface area contributed by atoms with Gasteiger partial charge in [-0.3, -0.25) is 9.10 Å². The van der Waals surface area contributed by atoms with Crippen LogP contribution in [-0.2, 0) is 14.8 Å². The molecule has 1 aromatic carbocycles. The summed E-state index contributed by atoms with van der Waals surface area (Å²) in [4.78, 5) is 12.1. The average molecular weight is 367 g/mol. The fourth-order valence-corrected chi connectivity index (χ4v) is 3.31. The monoisotopic (exact) mass is 366 g/mol. The molecule has 1 atom stereocenters. The molecule has 8 heteroatoms. The van der Waals surface area contributed by atoms with Gasteiger partial charge >= 0.3 is 0 Å². The molecule has 0 aliphatic rings. The van der Waals surface area contributed by atoms with E-state index in [-0.39, 0.29) is 29.2 Å². The maximum absolute atomic E-state index is 12.1. The lowest BCUT2D eigenvalue weighted by atomic mass is 10.2. The molecule has 5 nitrogen and oxygen atoms in total. The lowest BCUT2D eigenvalue weighted by Gasteiger charge is -2.24. The molecule has 0 radical (unpaired) electrons. The summed E-state index contributed by atoms with van der Waals surface area (Å²) >= 11 is 11.9. The first-order chi connectivity index (χ1) is 10.1. The van der Waals surface area contributed by atoms with E-state index >= 15 is 0 Å². The van der Waals surface area contributed by atoms with Crippen LogP contribution in [0, 0.1) is 0 Å². The number of sulfonamides is 1. The third-order valence-electron chi connectivity index (χ3n) is 2.99. The fourth-order valence-electron chi connectivity index (χ4n) is 2.01. The van der Waals surface area contributed by atoms with Crippen molar-refractivity contribution < 1.29 is 13.2 Å². The van der Waals surface area contributed by atoms with Crippen LogP contribution in [0.25, 0.3) is 0 Å². The molecule has 22 heavy (non-hydrogen) atoms. The zero-order valence-corrected chi connectivity index (χ0v) is 15.1. The normalized spacial score (nSPS) is 12.8. The second-order valence-electron chi connectivity index (χ2n) is 5.12. The standard InChI is InChI=1S/C14H20Cl2N2O3S/c1-4-5-10(2)17-14(19)9-18(22(3,20)21)13-8-11(15)6-7-12(13)16/h6-8,10H,4-5,9H2,1-3H3,(H,17,19)/t10-/m1/s1. The molecule has 0 aliphatic heterocycles. The predicted molar refractivity (Wildman–Crippen MR) is 91.2 cm³/mol. The summed E-state index contributed by atoms with van der Waals surface area (Å²) in [6, 6.07) is 4.45. The maximum Gasteiger partial charge on any atom is 0.240 e. The number of rotatable bonds is 7. The van der Waals surface area contributed by atoms with Crippen molar-refractivity contribution >= 4 is 44.8 Å². The van der Waals surface area contributed by atoms with Gasteiger partial charge in [0.25, 0.3) is 0 Å². The van der Waals surface area contributed by atoms with Crippen molar-refractivity contribution in [1.82, 2.24) is 5.32 Å². The van der Waals surface area contributed by atoms with Crippen LogP contribution in [-0.4, -0.2) is 33.2 Å².